The van der Waals surface area contributed by atoms with Crippen molar-refractivity contribution >= 4 is 0 Å². The van der Waals surface area contributed by atoms with E-state index < -0.39 is 0 Å². The minimum Gasteiger partial charge on any atom is -0.444 e. The summed E-state index contributed by atoms with van der Waals surface area (Å²) in [7, 11) is 0. The molecule has 0 spiro atoms. The molecule has 1 aromatic carbocycles. The first-order chi connectivity index (χ1) is 11.8. The Morgan fingerprint density at radius 1 is 1.12 bits per heavy atom. The molecule has 6 nitrogen and oxygen atoms in total. The lowest BCUT2D eigenvalue weighted by molar-refractivity contribution is 0.0319. The molecule has 1 fully saturated rings. The van der Waals surface area contributed by atoms with Gasteiger partial charge in [-0.25, -0.2) is 4.98 Å². The van der Waals surface area contributed by atoms with Gasteiger partial charge in [0.15, 0.2) is 0 Å². The zero-order valence-electron chi connectivity index (χ0n) is 13.9. The van der Waals surface area contributed by atoms with E-state index in [9.17, 15) is 5.11 Å². The fourth-order valence-corrected chi connectivity index (χ4v) is 2.84. The number of aliphatic hydroxyl groups excluding tert-OH is 1. The zero-order chi connectivity index (χ0) is 16.6. The molecule has 6 heteroatoms. The molecule has 1 aliphatic heterocycles. The van der Waals surface area contributed by atoms with Crippen molar-refractivity contribution < 1.29 is 14.3 Å². The van der Waals surface area contributed by atoms with Crippen LogP contribution >= 0.6 is 0 Å². The molecule has 0 aliphatic carbocycles. The maximum atomic E-state index is 9.32. The molecule has 0 radical (unpaired) electrons. The number of aromatic nitrogens is 1. The van der Waals surface area contributed by atoms with E-state index in [1.165, 1.54) is 0 Å². The van der Waals surface area contributed by atoms with E-state index in [0.29, 0.717) is 19.0 Å². The van der Waals surface area contributed by atoms with E-state index in [1.54, 1.807) is 6.26 Å². The quantitative estimate of drug-likeness (QED) is 0.790. The van der Waals surface area contributed by atoms with Gasteiger partial charge in [0.25, 0.3) is 0 Å². The Kier molecular flexibility index (Phi) is 6.37. The predicted molar refractivity (Wildman–Crippen MR) is 91.6 cm³/mol. The van der Waals surface area contributed by atoms with E-state index in [2.05, 4.69) is 14.8 Å². The second kappa shape index (κ2) is 8.94. The second-order valence-electron chi connectivity index (χ2n) is 5.96. The highest BCUT2D eigenvalue weighted by atomic mass is 16.5. The highest BCUT2D eigenvalue weighted by molar-refractivity contribution is 5.52. The minimum absolute atomic E-state index is 0.145. The van der Waals surface area contributed by atoms with Crippen molar-refractivity contribution in [1.82, 2.24) is 14.8 Å². The van der Waals surface area contributed by atoms with Gasteiger partial charge in [0, 0.05) is 44.8 Å². The first-order valence-electron chi connectivity index (χ1n) is 8.48. The van der Waals surface area contributed by atoms with Crippen molar-refractivity contribution in [2.45, 2.75) is 6.54 Å². The number of rotatable bonds is 8. The SMILES string of the molecule is OCCN(CCN1CCOCC1)Cc1coc(-c2ccccc2)n1. The van der Waals surface area contributed by atoms with Gasteiger partial charge in [-0.15, -0.1) is 0 Å². The van der Waals surface area contributed by atoms with Crippen LogP contribution in [0.15, 0.2) is 41.0 Å². The number of benzene rings is 1. The smallest absolute Gasteiger partial charge is 0.226 e. The number of hydrogen-bond donors (Lipinski definition) is 1. The van der Waals surface area contributed by atoms with Crippen LogP contribution in [0.3, 0.4) is 0 Å². The maximum Gasteiger partial charge on any atom is 0.226 e. The Balaban J connectivity index is 1.55. The molecule has 2 aromatic rings. The minimum atomic E-state index is 0.145. The van der Waals surface area contributed by atoms with Crippen LogP contribution in [0.25, 0.3) is 11.5 Å². The monoisotopic (exact) mass is 331 g/mol. The van der Waals surface area contributed by atoms with Crippen LogP contribution in [-0.4, -0.2) is 72.4 Å². The molecular formula is C18H25N3O3. The van der Waals surface area contributed by atoms with Gasteiger partial charge in [0.05, 0.1) is 25.5 Å². The molecule has 130 valence electrons. The van der Waals surface area contributed by atoms with Crippen molar-refractivity contribution in [2.24, 2.45) is 0 Å². The van der Waals surface area contributed by atoms with E-state index in [4.69, 9.17) is 9.15 Å². The van der Waals surface area contributed by atoms with Gasteiger partial charge in [0.2, 0.25) is 5.89 Å². The highest BCUT2D eigenvalue weighted by Crippen LogP contribution is 2.18. The number of nitrogens with zero attached hydrogens (tertiary/aromatic N) is 3. The Bertz CT molecular complexity index is 597. The largest absolute Gasteiger partial charge is 0.444 e. The van der Waals surface area contributed by atoms with Crippen molar-refractivity contribution in [2.75, 3.05) is 52.5 Å². The lowest BCUT2D eigenvalue weighted by Crippen LogP contribution is -2.41. The van der Waals surface area contributed by atoms with Gasteiger partial charge in [-0.05, 0) is 12.1 Å². The third kappa shape index (κ3) is 4.88. The summed E-state index contributed by atoms with van der Waals surface area (Å²) < 4.78 is 11.0. The number of oxazole rings is 1. The molecule has 0 saturated carbocycles. The number of ether oxygens (including phenoxy) is 1. The van der Waals surface area contributed by atoms with Crippen LogP contribution in [0, 0.1) is 0 Å². The number of hydrogen-bond acceptors (Lipinski definition) is 6. The standard InChI is InChI=1S/C18H25N3O3/c22-11-8-21(7-6-20-9-12-23-13-10-20)14-17-15-24-18(19-17)16-4-2-1-3-5-16/h1-5,15,22H,6-14H2. The highest BCUT2D eigenvalue weighted by Gasteiger charge is 2.14. The van der Waals surface area contributed by atoms with Gasteiger partial charge < -0.3 is 14.3 Å². The number of aliphatic hydroxyl groups is 1. The summed E-state index contributed by atoms with van der Waals surface area (Å²) in [6, 6.07) is 9.89. The molecule has 1 aliphatic rings. The van der Waals surface area contributed by atoms with E-state index in [1.807, 2.05) is 30.3 Å². The summed E-state index contributed by atoms with van der Waals surface area (Å²) in [5, 5.41) is 9.32. The summed E-state index contributed by atoms with van der Waals surface area (Å²) in [6.45, 7) is 6.92. The molecule has 0 unspecified atom stereocenters. The summed E-state index contributed by atoms with van der Waals surface area (Å²) in [5.41, 5.74) is 1.87. The fourth-order valence-electron chi connectivity index (χ4n) is 2.84. The summed E-state index contributed by atoms with van der Waals surface area (Å²) in [6.07, 6.45) is 1.71. The Morgan fingerprint density at radius 3 is 2.67 bits per heavy atom. The summed E-state index contributed by atoms with van der Waals surface area (Å²) in [4.78, 5) is 9.18. The Morgan fingerprint density at radius 2 is 1.92 bits per heavy atom. The summed E-state index contributed by atoms with van der Waals surface area (Å²) >= 11 is 0. The van der Waals surface area contributed by atoms with Crippen LogP contribution < -0.4 is 0 Å². The van der Waals surface area contributed by atoms with Crippen LogP contribution in [0.2, 0.25) is 0 Å². The second-order valence-corrected chi connectivity index (χ2v) is 5.96. The number of morpholine rings is 1. The molecule has 0 amide bonds. The van der Waals surface area contributed by atoms with E-state index >= 15 is 0 Å². The molecule has 3 rings (SSSR count). The zero-order valence-corrected chi connectivity index (χ0v) is 13.9. The normalized spacial score (nSPS) is 15.9. The van der Waals surface area contributed by atoms with Crippen LogP contribution in [0.5, 0.6) is 0 Å². The first kappa shape index (κ1) is 17.1. The molecule has 1 N–H and O–H groups in total. The summed E-state index contributed by atoms with van der Waals surface area (Å²) in [5.74, 6) is 0.641. The van der Waals surface area contributed by atoms with Crippen molar-refractivity contribution in [3.8, 4) is 11.5 Å². The maximum absolute atomic E-state index is 9.32. The van der Waals surface area contributed by atoms with Crippen molar-refractivity contribution in [3.63, 3.8) is 0 Å². The van der Waals surface area contributed by atoms with Gasteiger partial charge in [-0.3, -0.25) is 9.80 Å². The molecule has 0 atom stereocenters. The molecule has 1 saturated heterocycles. The van der Waals surface area contributed by atoms with Crippen LogP contribution in [0.4, 0.5) is 0 Å². The third-order valence-electron chi connectivity index (χ3n) is 4.21. The van der Waals surface area contributed by atoms with Gasteiger partial charge in [0.1, 0.15) is 6.26 Å². The average Bonchev–Trinajstić information content (AvgIpc) is 3.10. The first-order valence-corrected chi connectivity index (χ1v) is 8.48. The van der Waals surface area contributed by atoms with Gasteiger partial charge in [-0.1, -0.05) is 18.2 Å². The molecule has 2 heterocycles. The Labute approximate surface area is 142 Å². The Hall–Kier alpha value is -1.73. The van der Waals surface area contributed by atoms with Crippen LogP contribution in [0.1, 0.15) is 5.69 Å². The molecular weight excluding hydrogens is 306 g/mol. The topological polar surface area (TPSA) is 62.0 Å². The molecule has 1 aromatic heterocycles. The average molecular weight is 331 g/mol. The molecule has 0 bridgehead atoms. The predicted octanol–water partition coefficient (Wildman–Crippen LogP) is 1.47. The fraction of sp³-hybridized carbons (Fsp3) is 0.500. The van der Waals surface area contributed by atoms with Crippen molar-refractivity contribution in [1.29, 1.82) is 0 Å². The van der Waals surface area contributed by atoms with E-state index in [0.717, 1.165) is 50.7 Å². The molecule has 24 heavy (non-hydrogen) atoms. The lowest BCUT2D eigenvalue weighted by Gasteiger charge is -2.29. The van der Waals surface area contributed by atoms with Gasteiger partial charge in [-0.2, -0.15) is 0 Å². The van der Waals surface area contributed by atoms with Crippen molar-refractivity contribution in [3.05, 3.63) is 42.3 Å². The lowest BCUT2D eigenvalue weighted by atomic mass is 10.2. The van der Waals surface area contributed by atoms with Gasteiger partial charge >= 0.3 is 0 Å². The third-order valence-corrected chi connectivity index (χ3v) is 4.21. The van der Waals surface area contributed by atoms with Crippen LogP contribution in [-0.2, 0) is 11.3 Å². The van der Waals surface area contributed by atoms with E-state index in [-0.39, 0.29) is 6.61 Å².